The summed E-state index contributed by atoms with van der Waals surface area (Å²) in [4.78, 5) is 19.3. The Bertz CT molecular complexity index is 771. The first kappa shape index (κ1) is 17.3. The lowest BCUT2D eigenvalue weighted by atomic mass is 10.1. The number of piperidine rings is 1. The van der Waals surface area contributed by atoms with Gasteiger partial charge in [0.15, 0.2) is 11.5 Å². The molecule has 7 heteroatoms. The molecule has 0 saturated carbocycles. The number of hydrogen-bond acceptors (Lipinski definition) is 6. The number of carbonyl (C=O) groups excluding carboxylic acids is 1. The number of fused-ring (bicyclic) bond motifs is 1. The van der Waals surface area contributed by atoms with Crippen molar-refractivity contribution in [2.45, 2.75) is 38.8 Å². The summed E-state index contributed by atoms with van der Waals surface area (Å²) in [6.45, 7) is 3.95. The van der Waals surface area contributed by atoms with E-state index in [0.29, 0.717) is 13.0 Å². The fourth-order valence-corrected chi connectivity index (χ4v) is 4.13. The number of amides is 1. The van der Waals surface area contributed by atoms with Crippen molar-refractivity contribution in [1.82, 2.24) is 15.2 Å². The van der Waals surface area contributed by atoms with Gasteiger partial charge in [-0.2, -0.15) is 0 Å². The Morgan fingerprint density at radius 2 is 2.04 bits per heavy atom. The number of nitrogens with one attached hydrogen (secondary N) is 1. The Kier molecular flexibility index (Phi) is 5.36. The van der Waals surface area contributed by atoms with Crippen molar-refractivity contribution in [2.75, 3.05) is 19.9 Å². The molecule has 3 heterocycles. The molecule has 1 aromatic heterocycles. The third-order valence-corrected chi connectivity index (χ3v) is 5.56. The van der Waals surface area contributed by atoms with Gasteiger partial charge in [-0.15, -0.1) is 11.3 Å². The maximum absolute atomic E-state index is 12.2. The van der Waals surface area contributed by atoms with Crippen LogP contribution in [0.3, 0.4) is 0 Å². The molecule has 1 N–H and O–H groups in total. The summed E-state index contributed by atoms with van der Waals surface area (Å²) in [6.07, 6.45) is 4.21. The predicted octanol–water partition coefficient (Wildman–Crippen LogP) is 2.72. The van der Waals surface area contributed by atoms with Gasteiger partial charge in [0, 0.05) is 11.9 Å². The van der Waals surface area contributed by atoms with E-state index in [1.807, 2.05) is 23.6 Å². The van der Waals surface area contributed by atoms with Crippen LogP contribution in [0.1, 0.15) is 35.5 Å². The van der Waals surface area contributed by atoms with Crippen LogP contribution in [0.2, 0.25) is 0 Å². The molecule has 1 fully saturated rings. The molecule has 0 atom stereocenters. The SMILES string of the molecule is O=C(Cc1csc(CN2CCCCC2)n1)NCc1ccc2c(c1)OCO2. The number of rotatable bonds is 6. The third kappa shape index (κ3) is 4.34. The molecular formula is C19H23N3O3S. The molecular weight excluding hydrogens is 350 g/mol. The molecule has 1 aromatic carbocycles. The van der Waals surface area contributed by atoms with E-state index >= 15 is 0 Å². The van der Waals surface area contributed by atoms with Crippen molar-refractivity contribution >= 4 is 17.2 Å². The fourth-order valence-electron chi connectivity index (χ4n) is 3.29. The third-order valence-electron chi connectivity index (χ3n) is 4.68. The highest BCUT2D eigenvalue weighted by Crippen LogP contribution is 2.32. The van der Waals surface area contributed by atoms with Gasteiger partial charge in [-0.05, 0) is 43.6 Å². The summed E-state index contributed by atoms with van der Waals surface area (Å²) < 4.78 is 10.7. The second-order valence-electron chi connectivity index (χ2n) is 6.71. The first-order valence-corrected chi connectivity index (χ1v) is 9.95. The molecule has 6 nitrogen and oxygen atoms in total. The average molecular weight is 373 g/mol. The summed E-state index contributed by atoms with van der Waals surface area (Å²) >= 11 is 1.65. The summed E-state index contributed by atoms with van der Waals surface area (Å²) in [5, 5.41) is 6.05. The molecule has 4 rings (SSSR count). The van der Waals surface area contributed by atoms with E-state index in [4.69, 9.17) is 9.47 Å². The second kappa shape index (κ2) is 8.05. The molecule has 2 aliphatic rings. The van der Waals surface area contributed by atoms with E-state index in [9.17, 15) is 4.79 Å². The van der Waals surface area contributed by atoms with E-state index in [-0.39, 0.29) is 12.7 Å². The Hall–Kier alpha value is -2.12. The number of aromatic nitrogens is 1. The van der Waals surface area contributed by atoms with Crippen LogP contribution in [0.15, 0.2) is 23.6 Å². The highest BCUT2D eigenvalue weighted by molar-refractivity contribution is 7.09. The Balaban J connectivity index is 1.25. The zero-order valence-electron chi connectivity index (χ0n) is 14.7. The molecule has 0 radical (unpaired) electrons. The lowest BCUT2D eigenvalue weighted by molar-refractivity contribution is -0.120. The van der Waals surface area contributed by atoms with Gasteiger partial charge in [-0.3, -0.25) is 9.69 Å². The maximum atomic E-state index is 12.2. The van der Waals surface area contributed by atoms with E-state index in [2.05, 4.69) is 15.2 Å². The molecule has 138 valence electrons. The van der Waals surface area contributed by atoms with Crippen molar-refractivity contribution in [2.24, 2.45) is 0 Å². The van der Waals surface area contributed by atoms with Crippen LogP contribution in [0.4, 0.5) is 0 Å². The van der Waals surface area contributed by atoms with Gasteiger partial charge >= 0.3 is 0 Å². The molecule has 1 saturated heterocycles. The highest BCUT2D eigenvalue weighted by Gasteiger charge is 2.15. The second-order valence-corrected chi connectivity index (χ2v) is 7.65. The predicted molar refractivity (Wildman–Crippen MR) is 99.4 cm³/mol. The van der Waals surface area contributed by atoms with Gasteiger partial charge in [-0.1, -0.05) is 12.5 Å². The first-order valence-electron chi connectivity index (χ1n) is 9.07. The van der Waals surface area contributed by atoms with Gasteiger partial charge < -0.3 is 14.8 Å². The van der Waals surface area contributed by atoms with Crippen molar-refractivity contribution in [3.05, 3.63) is 39.8 Å². The van der Waals surface area contributed by atoms with Crippen LogP contribution >= 0.6 is 11.3 Å². The number of carbonyl (C=O) groups is 1. The quantitative estimate of drug-likeness (QED) is 0.844. The molecule has 26 heavy (non-hydrogen) atoms. The number of thiazole rings is 1. The zero-order chi connectivity index (χ0) is 17.8. The van der Waals surface area contributed by atoms with Gasteiger partial charge in [-0.25, -0.2) is 4.98 Å². The number of nitrogens with zero attached hydrogens (tertiary/aromatic N) is 2. The van der Waals surface area contributed by atoms with Crippen molar-refractivity contribution in [3.8, 4) is 11.5 Å². The Morgan fingerprint density at radius 3 is 2.92 bits per heavy atom. The monoisotopic (exact) mass is 373 g/mol. The van der Waals surface area contributed by atoms with Crippen LogP contribution < -0.4 is 14.8 Å². The van der Waals surface area contributed by atoms with Crippen molar-refractivity contribution in [3.63, 3.8) is 0 Å². The molecule has 2 aromatic rings. The van der Waals surface area contributed by atoms with E-state index in [1.165, 1.54) is 19.3 Å². The summed E-state index contributed by atoms with van der Waals surface area (Å²) in [5.41, 5.74) is 1.84. The van der Waals surface area contributed by atoms with E-state index in [0.717, 1.165) is 47.4 Å². The van der Waals surface area contributed by atoms with Crippen LogP contribution in [0.25, 0.3) is 0 Å². The van der Waals surface area contributed by atoms with Gasteiger partial charge in [0.2, 0.25) is 12.7 Å². The normalized spacial score (nSPS) is 16.6. The largest absolute Gasteiger partial charge is 0.454 e. The Labute approximate surface area is 157 Å². The van der Waals surface area contributed by atoms with Gasteiger partial charge in [0.1, 0.15) is 5.01 Å². The van der Waals surface area contributed by atoms with Gasteiger partial charge in [0.25, 0.3) is 0 Å². The number of ether oxygens (including phenoxy) is 2. The molecule has 0 bridgehead atoms. The van der Waals surface area contributed by atoms with Gasteiger partial charge in [0.05, 0.1) is 18.7 Å². The van der Waals surface area contributed by atoms with E-state index < -0.39 is 0 Å². The standard InChI is InChI=1S/C19H23N3O3S/c23-18(20-10-14-4-5-16-17(8-14)25-13-24-16)9-15-12-26-19(21-15)11-22-6-2-1-3-7-22/h4-5,8,12H,1-3,6-7,9-11,13H2,(H,20,23). The van der Waals surface area contributed by atoms with Crippen LogP contribution in [-0.2, 0) is 24.3 Å². The average Bonchev–Trinajstić information content (AvgIpc) is 3.29. The van der Waals surface area contributed by atoms with Crippen LogP contribution in [-0.4, -0.2) is 35.7 Å². The first-order chi connectivity index (χ1) is 12.8. The Morgan fingerprint density at radius 1 is 1.19 bits per heavy atom. The lowest BCUT2D eigenvalue weighted by Gasteiger charge is -2.25. The zero-order valence-corrected chi connectivity index (χ0v) is 15.5. The highest BCUT2D eigenvalue weighted by atomic mass is 32.1. The minimum Gasteiger partial charge on any atom is -0.454 e. The van der Waals surface area contributed by atoms with Crippen molar-refractivity contribution < 1.29 is 14.3 Å². The molecule has 0 unspecified atom stereocenters. The molecule has 0 aliphatic carbocycles. The number of likely N-dealkylation sites (tertiary alicyclic amines) is 1. The minimum atomic E-state index is -0.0162. The number of benzene rings is 1. The smallest absolute Gasteiger partial charge is 0.231 e. The summed E-state index contributed by atoms with van der Waals surface area (Å²) in [7, 11) is 0. The van der Waals surface area contributed by atoms with Crippen molar-refractivity contribution in [1.29, 1.82) is 0 Å². The fraction of sp³-hybridized carbons (Fsp3) is 0.474. The van der Waals surface area contributed by atoms with Crippen LogP contribution in [0.5, 0.6) is 11.5 Å². The lowest BCUT2D eigenvalue weighted by Crippen LogP contribution is -2.29. The van der Waals surface area contributed by atoms with E-state index in [1.54, 1.807) is 11.3 Å². The minimum absolute atomic E-state index is 0.0162. The molecule has 1 amide bonds. The summed E-state index contributed by atoms with van der Waals surface area (Å²) in [5.74, 6) is 1.47. The van der Waals surface area contributed by atoms with Crippen LogP contribution in [0, 0.1) is 0 Å². The summed E-state index contributed by atoms with van der Waals surface area (Å²) in [6, 6.07) is 5.71. The maximum Gasteiger partial charge on any atom is 0.231 e. The number of hydrogen-bond donors (Lipinski definition) is 1. The topological polar surface area (TPSA) is 63.7 Å². The molecule has 0 spiro atoms. The molecule has 2 aliphatic heterocycles.